The minimum atomic E-state index is -0.699. The van der Waals surface area contributed by atoms with Crippen LogP contribution in [-0.2, 0) is 64.4 Å². The fourth-order valence-corrected chi connectivity index (χ4v) is 7.90. The van der Waals surface area contributed by atoms with Crippen molar-refractivity contribution in [2.24, 2.45) is 0 Å². The Balaban J connectivity index is 0.979. The van der Waals surface area contributed by atoms with E-state index in [-0.39, 0.29) is 58.3 Å². The number of pyridine rings is 2. The number of hydrogen-bond donors (Lipinski definition) is 0. The molecule has 430 valence electrons. The molecule has 23 nitrogen and oxygen atoms in total. The van der Waals surface area contributed by atoms with E-state index < -0.39 is 46.3 Å². The normalized spacial score (nSPS) is 12.1. The van der Waals surface area contributed by atoms with Crippen molar-refractivity contribution in [1.82, 2.24) is 58.9 Å². The van der Waals surface area contributed by atoms with Crippen LogP contribution in [-0.4, -0.2) is 137 Å². The van der Waals surface area contributed by atoms with Gasteiger partial charge >= 0.3 is 23.9 Å². The monoisotopic (exact) mass is 1110 g/mol. The molecule has 0 N–H and O–H groups in total. The fraction of sp³-hybridized carbons (Fsp3) is 0.431. The zero-order chi connectivity index (χ0) is 58.9. The molecule has 7 rings (SSSR count). The molecule has 0 radical (unpaired) electrons. The second-order valence-electron chi connectivity index (χ2n) is 23.1. The number of ether oxygens (including phenoxy) is 6. The molecule has 1 aromatic carbocycles. The molecule has 23 heteroatoms. The molecule has 0 aliphatic carbocycles. The largest absolute Gasteiger partial charge is 0.483 e. The highest BCUT2D eigenvalue weighted by atomic mass is 16.6. The zero-order valence-corrected chi connectivity index (χ0v) is 48.3. The van der Waals surface area contributed by atoms with Crippen LogP contribution in [0.3, 0.4) is 0 Å². The van der Waals surface area contributed by atoms with Gasteiger partial charge in [-0.15, -0.1) is 0 Å². The quantitative estimate of drug-likeness (QED) is 0.0341. The van der Waals surface area contributed by atoms with Gasteiger partial charge in [0, 0.05) is 43.4 Å². The van der Waals surface area contributed by atoms with Crippen LogP contribution in [0.25, 0.3) is 23.3 Å². The maximum absolute atomic E-state index is 12.8. The number of hydrogen-bond acceptors (Lipinski definition) is 19. The van der Waals surface area contributed by atoms with Crippen molar-refractivity contribution in [2.75, 3.05) is 26.2 Å². The Hall–Kier alpha value is -8.57. The van der Waals surface area contributed by atoms with Crippen molar-refractivity contribution >= 4 is 29.7 Å². The minimum Gasteiger partial charge on any atom is -0.483 e. The minimum absolute atomic E-state index is 0.0286. The molecule has 0 saturated carbocycles. The third kappa shape index (κ3) is 19.1. The Morgan fingerprint density at radius 3 is 1.05 bits per heavy atom. The van der Waals surface area contributed by atoms with E-state index in [0.29, 0.717) is 63.1 Å². The fourth-order valence-electron chi connectivity index (χ4n) is 7.90. The van der Waals surface area contributed by atoms with Crippen molar-refractivity contribution in [1.29, 1.82) is 0 Å². The van der Waals surface area contributed by atoms with Crippen molar-refractivity contribution < 1.29 is 52.4 Å². The predicted molar refractivity (Wildman–Crippen MR) is 296 cm³/mol. The lowest BCUT2D eigenvalue weighted by Gasteiger charge is -2.26. The molecule has 0 atom stereocenters. The number of carbonyl (C=O) groups excluding carboxylic acids is 5. The summed E-state index contributed by atoms with van der Waals surface area (Å²) < 4.78 is 41.0. The molecule has 0 aliphatic heterocycles. The molecule has 0 spiro atoms. The molecule has 6 heterocycles. The van der Waals surface area contributed by atoms with Crippen LogP contribution >= 0.6 is 0 Å². The standard InChI is InChI=1S/C58H72N12O11/c1-39(71)40-20-21-45(76-37-43-24-28-69(63-43)49-18-14-16-47(59-49)67-26-22-41(61-67)31-65(33-51(72)78-55(2,3)4)34-52(73)79-56(5,6)7)46(30-40)77-38-44-25-29-70(64-44)50-19-15-17-48(60-50)68-27-23-42(62-68)32-66(35-53(74)80-57(8,9)10)36-54(75)81-58(11,12)13/h14-30H,31-38H2,1-13H3. The van der Waals surface area contributed by atoms with Gasteiger partial charge in [-0.2, -0.15) is 20.4 Å². The van der Waals surface area contributed by atoms with Crippen molar-refractivity contribution in [2.45, 2.75) is 139 Å². The summed E-state index contributed by atoms with van der Waals surface area (Å²) in [5.41, 5.74) is -0.0437. The van der Waals surface area contributed by atoms with Gasteiger partial charge in [0.1, 0.15) is 47.0 Å². The lowest BCUT2D eigenvalue weighted by Crippen LogP contribution is -2.39. The lowest BCUT2D eigenvalue weighted by molar-refractivity contribution is -0.162. The maximum atomic E-state index is 12.8. The molecular formula is C58H72N12O11. The van der Waals surface area contributed by atoms with Crippen LogP contribution < -0.4 is 9.47 Å². The molecule has 7 aromatic rings. The highest BCUT2D eigenvalue weighted by Crippen LogP contribution is 2.31. The van der Waals surface area contributed by atoms with Gasteiger partial charge in [-0.1, -0.05) is 12.1 Å². The summed E-state index contributed by atoms with van der Waals surface area (Å²) in [5.74, 6) is 0.641. The summed E-state index contributed by atoms with van der Waals surface area (Å²) in [7, 11) is 0. The molecule has 6 aromatic heterocycles. The van der Waals surface area contributed by atoms with E-state index in [1.165, 1.54) is 6.92 Å². The third-order valence-corrected chi connectivity index (χ3v) is 10.9. The van der Waals surface area contributed by atoms with Gasteiger partial charge in [-0.3, -0.25) is 33.8 Å². The van der Waals surface area contributed by atoms with Gasteiger partial charge in [-0.05, 0) is 157 Å². The zero-order valence-electron chi connectivity index (χ0n) is 48.3. The molecule has 0 unspecified atom stereocenters. The highest BCUT2D eigenvalue weighted by Gasteiger charge is 2.27. The number of Topliss-reactive ketones (excluding diaryl/α,β-unsaturated/α-hetero) is 1. The summed E-state index contributed by atoms with van der Waals surface area (Å²) >= 11 is 0. The van der Waals surface area contributed by atoms with Crippen molar-refractivity contribution in [3.05, 3.63) is 132 Å². The summed E-state index contributed by atoms with van der Waals surface area (Å²) in [4.78, 5) is 76.6. The van der Waals surface area contributed by atoms with Crippen molar-refractivity contribution in [3.8, 4) is 34.8 Å². The van der Waals surface area contributed by atoms with Gasteiger partial charge in [0.05, 0.1) is 37.6 Å². The third-order valence-electron chi connectivity index (χ3n) is 10.9. The first-order chi connectivity index (χ1) is 38.0. The maximum Gasteiger partial charge on any atom is 0.320 e. The Bertz CT molecular complexity index is 3270. The summed E-state index contributed by atoms with van der Waals surface area (Å²) in [6.45, 7) is 22.7. The van der Waals surface area contributed by atoms with Crippen molar-refractivity contribution in [3.63, 3.8) is 0 Å². The van der Waals surface area contributed by atoms with Crippen LogP contribution in [0.15, 0.2) is 104 Å². The average Bonchev–Trinajstić information content (AvgIpc) is 4.43. The topological polar surface area (TPSA) is 244 Å². The van der Waals surface area contributed by atoms with E-state index in [4.69, 9.17) is 58.8 Å². The van der Waals surface area contributed by atoms with E-state index in [9.17, 15) is 24.0 Å². The Morgan fingerprint density at radius 1 is 0.420 bits per heavy atom. The van der Waals surface area contributed by atoms with E-state index in [0.717, 1.165) is 0 Å². The van der Waals surface area contributed by atoms with Gasteiger partial charge < -0.3 is 28.4 Å². The molecule has 0 fully saturated rings. The van der Waals surface area contributed by atoms with Gasteiger partial charge in [0.2, 0.25) is 0 Å². The summed E-state index contributed by atoms with van der Waals surface area (Å²) in [6, 6.07) is 23.0. The second-order valence-corrected chi connectivity index (χ2v) is 23.1. The van der Waals surface area contributed by atoms with Crippen LogP contribution in [0, 0.1) is 0 Å². The summed E-state index contributed by atoms with van der Waals surface area (Å²) in [6.07, 6.45) is 7.00. The van der Waals surface area contributed by atoms with Gasteiger partial charge in [-0.25, -0.2) is 28.7 Å². The number of rotatable bonds is 23. The molecule has 0 amide bonds. The van der Waals surface area contributed by atoms with E-state index in [1.54, 1.807) is 203 Å². The number of aromatic nitrogens is 10. The first kappa shape index (κ1) is 60.1. The molecular weight excluding hydrogens is 1040 g/mol. The van der Waals surface area contributed by atoms with Crippen LogP contribution in [0.1, 0.15) is 123 Å². The number of ketones is 1. The number of nitrogens with zero attached hydrogens (tertiary/aromatic N) is 12. The molecule has 81 heavy (non-hydrogen) atoms. The molecule has 0 saturated heterocycles. The Labute approximate surface area is 471 Å². The molecule has 0 bridgehead atoms. The first-order valence-electron chi connectivity index (χ1n) is 26.3. The second kappa shape index (κ2) is 25.3. The van der Waals surface area contributed by atoms with E-state index in [1.807, 2.05) is 12.1 Å². The van der Waals surface area contributed by atoms with E-state index in [2.05, 4.69) is 0 Å². The average molecular weight is 1110 g/mol. The van der Waals surface area contributed by atoms with Gasteiger partial charge in [0.15, 0.2) is 40.6 Å². The number of carbonyl (C=O) groups is 5. The highest BCUT2D eigenvalue weighted by molar-refractivity contribution is 5.94. The SMILES string of the molecule is CC(=O)c1ccc(OCc2ccn(-c3cccc(-n4ccc(CN(CC(=O)OC(C)(C)C)CC(=O)OC(C)(C)C)n4)n3)n2)c(OCc2ccn(-c3cccc(-n4ccc(CN(CC(=O)OC(C)(C)C)CC(=O)OC(C)(C)C)n4)n3)n2)c1. The smallest absolute Gasteiger partial charge is 0.320 e. The van der Waals surface area contributed by atoms with Gasteiger partial charge in [0.25, 0.3) is 0 Å². The van der Waals surface area contributed by atoms with Crippen LogP contribution in [0.4, 0.5) is 0 Å². The summed E-state index contributed by atoms with van der Waals surface area (Å²) in [5, 5.41) is 18.8. The lowest BCUT2D eigenvalue weighted by atomic mass is 10.1. The van der Waals surface area contributed by atoms with Crippen LogP contribution in [0.2, 0.25) is 0 Å². The Morgan fingerprint density at radius 2 is 0.728 bits per heavy atom. The Kier molecular flexibility index (Phi) is 18.7. The van der Waals surface area contributed by atoms with E-state index >= 15 is 0 Å². The number of esters is 4. The molecule has 0 aliphatic rings. The first-order valence-corrected chi connectivity index (χ1v) is 26.3. The number of benzene rings is 1. The van der Waals surface area contributed by atoms with Crippen LogP contribution in [0.5, 0.6) is 11.5 Å². The predicted octanol–water partition coefficient (Wildman–Crippen LogP) is 7.55.